The van der Waals surface area contributed by atoms with Gasteiger partial charge in [0.05, 0.1) is 0 Å². The van der Waals surface area contributed by atoms with E-state index in [1.54, 1.807) is 11.8 Å². The highest BCUT2D eigenvalue weighted by molar-refractivity contribution is 7.98. The lowest BCUT2D eigenvalue weighted by molar-refractivity contribution is -0.133. The third-order valence-corrected chi connectivity index (χ3v) is 8.62. The first-order chi connectivity index (χ1) is 21.2. The van der Waals surface area contributed by atoms with Crippen LogP contribution in [0.15, 0.2) is 76.7 Å². The maximum Gasteiger partial charge on any atom is 0.295 e. The summed E-state index contributed by atoms with van der Waals surface area (Å²) in [7, 11) is 0. The summed E-state index contributed by atoms with van der Waals surface area (Å²) in [6, 6.07) is 19.6. The standard InChI is InChI=1S/C33H36ClF2N5O2S/c1-4-29-32(43)37-33(44-22-26-8-7-9-28(35)31(26)36)41(38-29)21-30(42)40(19-18-39(5-2)6-3)20-23-10-12-24(13-11-23)25-14-16-27(34)17-15-25/h7-17H,4-6,18-22H2,1-3H3. The maximum absolute atomic E-state index is 14.3. The SMILES string of the molecule is CCc1nn(CC(=O)N(CCN(CC)CC)Cc2ccc(-c3ccc(Cl)cc3)cc2)c(SCc2cccc(F)c2F)nc1=O. The molecular formula is C33H36ClF2N5O2S. The summed E-state index contributed by atoms with van der Waals surface area (Å²) in [6.07, 6.45) is 0.342. The van der Waals surface area contributed by atoms with Gasteiger partial charge in [-0.25, -0.2) is 13.5 Å². The van der Waals surface area contributed by atoms with Crippen molar-refractivity contribution in [1.29, 1.82) is 0 Å². The minimum absolute atomic E-state index is 0.0169. The second kappa shape index (κ2) is 15.9. The lowest BCUT2D eigenvalue weighted by atomic mass is 10.0. The van der Waals surface area contributed by atoms with E-state index in [9.17, 15) is 18.4 Å². The third kappa shape index (κ3) is 8.74. The van der Waals surface area contributed by atoms with E-state index in [4.69, 9.17) is 11.6 Å². The number of likely N-dealkylation sites (N-methyl/N-ethyl adjacent to an activating group) is 1. The van der Waals surface area contributed by atoms with Crippen molar-refractivity contribution in [2.45, 2.75) is 51.2 Å². The van der Waals surface area contributed by atoms with Crippen molar-refractivity contribution in [2.24, 2.45) is 0 Å². The van der Waals surface area contributed by atoms with Crippen LogP contribution in [0.4, 0.5) is 8.78 Å². The predicted molar refractivity (Wildman–Crippen MR) is 172 cm³/mol. The Morgan fingerprint density at radius 3 is 2.23 bits per heavy atom. The zero-order valence-corrected chi connectivity index (χ0v) is 26.7. The Labute approximate surface area is 265 Å². The molecule has 44 heavy (non-hydrogen) atoms. The molecule has 0 radical (unpaired) electrons. The monoisotopic (exact) mass is 639 g/mol. The zero-order valence-electron chi connectivity index (χ0n) is 25.1. The quantitative estimate of drug-likeness (QED) is 0.148. The first-order valence-corrected chi connectivity index (χ1v) is 16.0. The molecule has 4 rings (SSSR count). The van der Waals surface area contributed by atoms with Gasteiger partial charge in [-0.2, -0.15) is 10.1 Å². The summed E-state index contributed by atoms with van der Waals surface area (Å²) >= 11 is 7.07. The fourth-order valence-corrected chi connectivity index (χ4v) is 5.70. The summed E-state index contributed by atoms with van der Waals surface area (Å²) in [5.41, 5.74) is 2.90. The molecule has 0 N–H and O–H groups in total. The second-order valence-electron chi connectivity index (χ2n) is 10.2. The lowest BCUT2D eigenvalue weighted by Gasteiger charge is -2.27. The molecule has 7 nitrogen and oxygen atoms in total. The Morgan fingerprint density at radius 1 is 0.932 bits per heavy atom. The van der Waals surface area contributed by atoms with Crippen molar-refractivity contribution in [3.63, 3.8) is 0 Å². The van der Waals surface area contributed by atoms with Gasteiger partial charge in [-0.05, 0) is 54.4 Å². The maximum atomic E-state index is 14.3. The van der Waals surface area contributed by atoms with Gasteiger partial charge < -0.3 is 9.80 Å². The first-order valence-electron chi connectivity index (χ1n) is 14.6. The number of hydrogen-bond acceptors (Lipinski definition) is 6. The average molecular weight is 640 g/mol. The fraction of sp³-hybridized carbons (Fsp3) is 0.333. The van der Waals surface area contributed by atoms with Gasteiger partial charge in [-0.3, -0.25) is 9.59 Å². The van der Waals surface area contributed by atoms with E-state index in [1.807, 2.05) is 48.5 Å². The molecule has 4 aromatic rings. The molecule has 0 saturated heterocycles. The highest BCUT2D eigenvalue weighted by Gasteiger charge is 2.20. The van der Waals surface area contributed by atoms with E-state index in [-0.39, 0.29) is 34.6 Å². The molecule has 0 fully saturated rings. The number of thioether (sulfide) groups is 1. The predicted octanol–water partition coefficient (Wildman–Crippen LogP) is 6.46. The minimum atomic E-state index is -0.951. The normalized spacial score (nSPS) is 11.2. The first kappa shape index (κ1) is 33.3. The van der Waals surface area contributed by atoms with Crippen molar-refractivity contribution in [3.8, 4) is 11.1 Å². The fourth-order valence-electron chi connectivity index (χ4n) is 4.66. The molecule has 1 amide bonds. The highest BCUT2D eigenvalue weighted by Crippen LogP contribution is 2.24. The van der Waals surface area contributed by atoms with E-state index in [0.29, 0.717) is 31.1 Å². The van der Waals surface area contributed by atoms with Crippen LogP contribution in [0.3, 0.4) is 0 Å². The molecule has 0 bridgehead atoms. The Hall–Kier alpha value is -3.60. The van der Waals surface area contributed by atoms with E-state index in [0.717, 1.165) is 47.6 Å². The van der Waals surface area contributed by atoms with E-state index in [2.05, 4.69) is 28.8 Å². The van der Waals surface area contributed by atoms with Crippen LogP contribution in [0.25, 0.3) is 11.1 Å². The van der Waals surface area contributed by atoms with Gasteiger partial charge in [0, 0.05) is 36.0 Å². The van der Waals surface area contributed by atoms with Crippen molar-refractivity contribution in [1.82, 2.24) is 24.6 Å². The minimum Gasteiger partial charge on any atom is -0.335 e. The van der Waals surface area contributed by atoms with Gasteiger partial charge in [0.25, 0.3) is 5.56 Å². The molecule has 3 aromatic carbocycles. The van der Waals surface area contributed by atoms with Crippen LogP contribution in [0.2, 0.25) is 5.02 Å². The van der Waals surface area contributed by atoms with Crippen LogP contribution in [0.1, 0.15) is 37.6 Å². The number of halogens is 3. The lowest BCUT2D eigenvalue weighted by Crippen LogP contribution is -2.40. The Bertz CT molecular complexity index is 1610. The molecule has 1 heterocycles. The van der Waals surface area contributed by atoms with E-state index >= 15 is 0 Å². The van der Waals surface area contributed by atoms with Gasteiger partial charge in [-0.15, -0.1) is 0 Å². The summed E-state index contributed by atoms with van der Waals surface area (Å²) in [4.78, 5) is 34.6. The van der Waals surface area contributed by atoms with Gasteiger partial charge in [-0.1, -0.05) is 92.7 Å². The van der Waals surface area contributed by atoms with Crippen LogP contribution < -0.4 is 5.56 Å². The molecule has 0 spiro atoms. The third-order valence-electron chi connectivity index (χ3n) is 7.35. The summed E-state index contributed by atoms with van der Waals surface area (Å²) in [5, 5.41) is 5.28. The smallest absolute Gasteiger partial charge is 0.295 e. The number of carbonyl (C=O) groups excluding carboxylic acids is 1. The Balaban J connectivity index is 1.57. The van der Waals surface area contributed by atoms with E-state index < -0.39 is 17.2 Å². The van der Waals surface area contributed by atoms with Crippen molar-refractivity contribution < 1.29 is 13.6 Å². The van der Waals surface area contributed by atoms with Crippen molar-refractivity contribution in [3.05, 3.63) is 111 Å². The van der Waals surface area contributed by atoms with E-state index in [1.165, 1.54) is 16.8 Å². The molecule has 232 valence electrons. The van der Waals surface area contributed by atoms with Gasteiger partial charge in [0.1, 0.15) is 12.2 Å². The molecule has 0 saturated carbocycles. The summed E-state index contributed by atoms with van der Waals surface area (Å²) in [5.74, 6) is -2.08. The molecule has 0 unspecified atom stereocenters. The van der Waals surface area contributed by atoms with Gasteiger partial charge in [0.15, 0.2) is 16.8 Å². The number of aryl methyl sites for hydroxylation is 1. The molecular weight excluding hydrogens is 604 g/mol. The number of hydrogen-bond donors (Lipinski definition) is 0. The highest BCUT2D eigenvalue weighted by atomic mass is 35.5. The zero-order chi connectivity index (χ0) is 31.6. The number of amides is 1. The number of aromatic nitrogens is 3. The average Bonchev–Trinajstić information content (AvgIpc) is 3.03. The number of benzene rings is 3. The number of carbonyl (C=O) groups is 1. The van der Waals surface area contributed by atoms with Crippen LogP contribution in [0, 0.1) is 11.6 Å². The number of rotatable bonds is 14. The van der Waals surface area contributed by atoms with Crippen molar-refractivity contribution >= 4 is 29.3 Å². The second-order valence-corrected chi connectivity index (χ2v) is 11.6. The molecule has 0 aliphatic heterocycles. The molecule has 0 atom stereocenters. The van der Waals surface area contributed by atoms with Crippen LogP contribution in [-0.2, 0) is 30.1 Å². The van der Waals surface area contributed by atoms with Crippen LogP contribution in [0.5, 0.6) is 0 Å². The van der Waals surface area contributed by atoms with Gasteiger partial charge in [0.2, 0.25) is 5.91 Å². The van der Waals surface area contributed by atoms with Crippen LogP contribution >= 0.6 is 23.4 Å². The van der Waals surface area contributed by atoms with Gasteiger partial charge >= 0.3 is 0 Å². The molecule has 1 aromatic heterocycles. The summed E-state index contributed by atoms with van der Waals surface area (Å²) < 4.78 is 29.5. The topological polar surface area (TPSA) is 71.3 Å². The van der Waals surface area contributed by atoms with Crippen LogP contribution in [-0.4, -0.2) is 56.7 Å². The van der Waals surface area contributed by atoms with Crippen molar-refractivity contribution in [2.75, 3.05) is 26.2 Å². The number of nitrogens with zero attached hydrogens (tertiary/aromatic N) is 5. The summed E-state index contributed by atoms with van der Waals surface area (Å²) in [6.45, 7) is 9.07. The molecule has 11 heteroatoms. The molecule has 0 aliphatic rings. The Kier molecular flexibility index (Phi) is 12.1. The molecule has 0 aliphatic carbocycles. The largest absolute Gasteiger partial charge is 0.335 e. The Morgan fingerprint density at radius 2 is 1.59 bits per heavy atom.